The van der Waals surface area contributed by atoms with E-state index in [0.717, 1.165) is 5.56 Å². The Balaban J connectivity index is 2.00. The molecule has 0 atom stereocenters. The third-order valence-electron chi connectivity index (χ3n) is 2.58. The molecule has 0 N–H and O–H groups in total. The van der Waals surface area contributed by atoms with Crippen LogP contribution in [-0.2, 0) is 18.1 Å². The summed E-state index contributed by atoms with van der Waals surface area (Å²) in [6, 6.07) is 9.92. The summed E-state index contributed by atoms with van der Waals surface area (Å²) >= 11 is 11.7. The van der Waals surface area contributed by atoms with Crippen LogP contribution in [0.15, 0.2) is 24.3 Å². The Morgan fingerprint density at radius 2 is 2.00 bits per heavy atom. The first-order valence-electron chi connectivity index (χ1n) is 5.56. The number of hydrogen-bond acceptors (Lipinski definition) is 3. The van der Waals surface area contributed by atoms with E-state index in [1.54, 1.807) is 0 Å². The number of benzene rings is 1. The minimum atomic E-state index is 0.108. The van der Waals surface area contributed by atoms with Gasteiger partial charge in [-0.15, -0.1) is 0 Å². The average Bonchev–Trinajstić information content (AvgIpc) is 2.68. The van der Waals surface area contributed by atoms with Crippen LogP contribution in [0.1, 0.15) is 17.0 Å². The maximum Gasteiger partial charge on any atom is 0.217 e. The highest BCUT2D eigenvalue weighted by atomic mass is 35.5. The summed E-state index contributed by atoms with van der Waals surface area (Å²) in [6.07, 6.45) is 0. The third-order valence-corrected chi connectivity index (χ3v) is 3.32. The largest absolute Gasteiger partial charge is 0.356 e. The van der Waals surface area contributed by atoms with Crippen molar-refractivity contribution in [3.05, 3.63) is 51.5 Å². The number of halogens is 2. The van der Waals surface area contributed by atoms with Gasteiger partial charge >= 0.3 is 0 Å². The predicted molar refractivity (Wildman–Crippen MR) is 72.9 cm³/mol. The van der Waals surface area contributed by atoms with Crippen molar-refractivity contribution in [2.45, 2.75) is 20.3 Å². The van der Waals surface area contributed by atoms with Crippen molar-refractivity contribution in [1.82, 2.24) is 9.55 Å². The van der Waals surface area contributed by atoms with Crippen molar-refractivity contribution in [2.24, 2.45) is 0 Å². The van der Waals surface area contributed by atoms with Crippen molar-refractivity contribution >= 4 is 23.2 Å². The van der Waals surface area contributed by atoms with Crippen molar-refractivity contribution in [1.29, 1.82) is 5.26 Å². The molecule has 0 aliphatic rings. The Morgan fingerprint density at radius 1 is 1.32 bits per heavy atom. The summed E-state index contributed by atoms with van der Waals surface area (Å²) in [5.41, 5.74) is 2.24. The monoisotopic (exact) mass is 295 g/mol. The lowest BCUT2D eigenvalue weighted by Gasteiger charge is -2.07. The minimum absolute atomic E-state index is 0.108. The highest BCUT2D eigenvalue weighted by Crippen LogP contribution is 2.22. The Labute approximate surface area is 121 Å². The van der Waals surface area contributed by atoms with Crippen LogP contribution in [0.25, 0.3) is 0 Å². The summed E-state index contributed by atoms with van der Waals surface area (Å²) in [6.45, 7) is 2.59. The number of aromatic nitrogens is 2. The molecule has 98 valence electrons. The number of rotatable bonds is 4. The van der Waals surface area contributed by atoms with Crippen molar-refractivity contribution in [2.75, 3.05) is 0 Å². The molecular formula is C13H11Cl2N3O. The molecule has 0 radical (unpaired) electrons. The quantitative estimate of drug-likeness (QED) is 0.867. The van der Waals surface area contributed by atoms with E-state index < -0.39 is 0 Å². The zero-order chi connectivity index (χ0) is 13.8. The molecular weight excluding hydrogens is 285 g/mol. The van der Waals surface area contributed by atoms with E-state index in [1.807, 2.05) is 37.3 Å². The third kappa shape index (κ3) is 3.27. The first kappa shape index (κ1) is 13.9. The lowest BCUT2D eigenvalue weighted by Crippen LogP contribution is -2.05. The van der Waals surface area contributed by atoms with E-state index in [0.29, 0.717) is 6.61 Å². The minimum Gasteiger partial charge on any atom is -0.356 e. The van der Waals surface area contributed by atoms with Gasteiger partial charge in [-0.1, -0.05) is 53.0 Å². The van der Waals surface area contributed by atoms with Crippen molar-refractivity contribution < 1.29 is 4.74 Å². The first-order chi connectivity index (χ1) is 9.11. The summed E-state index contributed by atoms with van der Waals surface area (Å²) in [5, 5.41) is 9.22. The zero-order valence-electron chi connectivity index (χ0n) is 10.2. The smallest absolute Gasteiger partial charge is 0.217 e. The molecule has 0 saturated carbocycles. The Bertz CT molecular complexity index is 614. The molecule has 4 nitrogen and oxygen atoms in total. The standard InChI is InChI=1S/C13H11Cl2N3O/c1-9-2-4-10(5-3-9)7-19-8-18-11(6-16)17-12(14)13(18)15/h2-5H,7-8H2,1H3. The molecule has 0 amide bonds. The second-order valence-electron chi connectivity index (χ2n) is 4.02. The molecule has 0 spiro atoms. The first-order valence-corrected chi connectivity index (χ1v) is 6.32. The second-order valence-corrected chi connectivity index (χ2v) is 4.74. The Morgan fingerprint density at radius 3 is 2.63 bits per heavy atom. The molecule has 19 heavy (non-hydrogen) atoms. The fourth-order valence-electron chi connectivity index (χ4n) is 1.55. The highest BCUT2D eigenvalue weighted by Gasteiger charge is 2.13. The summed E-state index contributed by atoms with van der Waals surface area (Å²) in [5.74, 6) is 0.138. The molecule has 0 unspecified atom stereocenters. The fourth-order valence-corrected chi connectivity index (χ4v) is 1.90. The van der Waals surface area contributed by atoms with Gasteiger partial charge in [0.15, 0.2) is 10.3 Å². The lowest BCUT2D eigenvalue weighted by atomic mass is 10.2. The normalized spacial score (nSPS) is 10.4. The highest BCUT2D eigenvalue weighted by molar-refractivity contribution is 6.40. The van der Waals surface area contributed by atoms with Gasteiger partial charge in [-0.3, -0.25) is 4.57 Å². The van der Waals surface area contributed by atoms with Gasteiger partial charge in [0.2, 0.25) is 5.82 Å². The van der Waals surface area contributed by atoms with Crippen LogP contribution in [0.2, 0.25) is 10.3 Å². The van der Waals surface area contributed by atoms with E-state index in [9.17, 15) is 0 Å². The number of ether oxygens (including phenoxy) is 1. The van der Waals surface area contributed by atoms with Gasteiger partial charge < -0.3 is 4.74 Å². The molecule has 0 saturated heterocycles. The molecule has 2 aromatic rings. The van der Waals surface area contributed by atoms with Gasteiger partial charge in [0.05, 0.1) is 6.61 Å². The number of aryl methyl sites for hydroxylation is 1. The predicted octanol–water partition coefficient (Wildman–Crippen LogP) is 3.54. The van der Waals surface area contributed by atoms with E-state index >= 15 is 0 Å². The Kier molecular flexibility index (Phi) is 4.43. The van der Waals surface area contributed by atoms with Crippen LogP contribution in [0.5, 0.6) is 0 Å². The van der Waals surface area contributed by atoms with Gasteiger partial charge in [-0.2, -0.15) is 5.26 Å². The molecule has 0 aliphatic heterocycles. The van der Waals surface area contributed by atoms with Crippen LogP contribution in [0.3, 0.4) is 0 Å². The fraction of sp³-hybridized carbons (Fsp3) is 0.231. The number of hydrogen-bond donors (Lipinski definition) is 0. The van der Waals surface area contributed by atoms with E-state index in [-0.39, 0.29) is 22.9 Å². The molecule has 1 aromatic heterocycles. The van der Waals surface area contributed by atoms with Crippen LogP contribution in [-0.4, -0.2) is 9.55 Å². The number of imidazole rings is 1. The van der Waals surface area contributed by atoms with Gasteiger partial charge in [0.1, 0.15) is 12.8 Å². The summed E-state index contributed by atoms with van der Waals surface area (Å²) in [7, 11) is 0. The average molecular weight is 296 g/mol. The lowest BCUT2D eigenvalue weighted by molar-refractivity contribution is 0.0636. The molecule has 0 fully saturated rings. The molecule has 0 bridgehead atoms. The van der Waals surface area contributed by atoms with Crippen LogP contribution < -0.4 is 0 Å². The van der Waals surface area contributed by atoms with Crippen molar-refractivity contribution in [3.8, 4) is 6.07 Å². The SMILES string of the molecule is Cc1ccc(COCn2c(C#N)nc(Cl)c2Cl)cc1. The zero-order valence-corrected chi connectivity index (χ0v) is 11.7. The molecule has 2 rings (SSSR count). The summed E-state index contributed by atoms with van der Waals surface area (Å²) < 4.78 is 6.94. The van der Waals surface area contributed by atoms with Crippen molar-refractivity contribution in [3.63, 3.8) is 0 Å². The number of nitrogens with zero attached hydrogens (tertiary/aromatic N) is 3. The van der Waals surface area contributed by atoms with Gasteiger partial charge in [0, 0.05) is 0 Å². The second kappa shape index (κ2) is 6.07. The van der Waals surface area contributed by atoms with E-state index in [2.05, 4.69) is 4.98 Å². The summed E-state index contributed by atoms with van der Waals surface area (Å²) in [4.78, 5) is 3.82. The van der Waals surface area contributed by atoms with E-state index in [4.69, 9.17) is 33.2 Å². The van der Waals surface area contributed by atoms with E-state index in [1.165, 1.54) is 10.1 Å². The van der Waals surface area contributed by atoms with Crippen LogP contribution >= 0.6 is 23.2 Å². The van der Waals surface area contributed by atoms with Gasteiger partial charge in [0.25, 0.3) is 0 Å². The molecule has 1 aromatic carbocycles. The molecule has 0 aliphatic carbocycles. The maximum atomic E-state index is 8.90. The van der Waals surface area contributed by atoms with Crippen LogP contribution in [0, 0.1) is 18.3 Å². The van der Waals surface area contributed by atoms with Gasteiger partial charge in [-0.25, -0.2) is 4.98 Å². The van der Waals surface area contributed by atoms with Gasteiger partial charge in [-0.05, 0) is 12.5 Å². The number of nitriles is 1. The maximum absolute atomic E-state index is 8.90. The Hall–Kier alpha value is -1.54. The molecule has 6 heteroatoms. The molecule has 1 heterocycles. The van der Waals surface area contributed by atoms with Crippen LogP contribution in [0.4, 0.5) is 0 Å². The topological polar surface area (TPSA) is 50.8 Å².